The Bertz CT molecular complexity index is 787. The SMILES string of the molecule is O=C(Cc1ccc(Br)cc1)NCc1csc(-c2ccncc2)n1. The van der Waals surface area contributed by atoms with Crippen LogP contribution in [0, 0.1) is 0 Å². The maximum atomic E-state index is 12.0. The highest BCUT2D eigenvalue weighted by atomic mass is 79.9. The summed E-state index contributed by atoms with van der Waals surface area (Å²) in [7, 11) is 0. The number of aromatic nitrogens is 2. The fraction of sp³-hybridized carbons (Fsp3) is 0.118. The molecule has 1 N–H and O–H groups in total. The molecule has 4 nitrogen and oxygen atoms in total. The molecule has 1 amide bonds. The number of amides is 1. The third-order valence-corrected chi connectivity index (χ3v) is 4.69. The summed E-state index contributed by atoms with van der Waals surface area (Å²) in [4.78, 5) is 20.5. The number of hydrogen-bond donors (Lipinski definition) is 1. The van der Waals surface area contributed by atoms with E-state index in [1.165, 1.54) is 0 Å². The Labute approximate surface area is 146 Å². The highest BCUT2D eigenvalue weighted by Crippen LogP contribution is 2.22. The first-order chi connectivity index (χ1) is 11.2. The predicted octanol–water partition coefficient (Wildman–Crippen LogP) is 3.83. The van der Waals surface area contributed by atoms with Gasteiger partial charge in [-0.25, -0.2) is 4.98 Å². The average Bonchev–Trinajstić information content (AvgIpc) is 3.05. The Hall–Kier alpha value is -2.05. The van der Waals surface area contributed by atoms with Gasteiger partial charge >= 0.3 is 0 Å². The van der Waals surface area contributed by atoms with Crippen molar-refractivity contribution in [3.63, 3.8) is 0 Å². The maximum Gasteiger partial charge on any atom is 0.224 e. The van der Waals surface area contributed by atoms with Crippen molar-refractivity contribution in [2.45, 2.75) is 13.0 Å². The molecule has 0 spiro atoms. The van der Waals surface area contributed by atoms with E-state index in [-0.39, 0.29) is 5.91 Å². The van der Waals surface area contributed by atoms with Crippen LogP contribution < -0.4 is 5.32 Å². The number of thiazole rings is 1. The van der Waals surface area contributed by atoms with E-state index >= 15 is 0 Å². The van der Waals surface area contributed by atoms with Crippen molar-refractivity contribution in [3.8, 4) is 10.6 Å². The molecule has 0 fully saturated rings. The Morgan fingerprint density at radius 3 is 2.61 bits per heavy atom. The van der Waals surface area contributed by atoms with Gasteiger partial charge in [0.25, 0.3) is 0 Å². The van der Waals surface area contributed by atoms with Gasteiger partial charge in [-0.05, 0) is 29.8 Å². The van der Waals surface area contributed by atoms with E-state index in [1.54, 1.807) is 23.7 Å². The van der Waals surface area contributed by atoms with Crippen molar-refractivity contribution in [3.05, 3.63) is 69.9 Å². The molecule has 2 aromatic heterocycles. The Morgan fingerprint density at radius 2 is 1.87 bits per heavy atom. The molecule has 2 heterocycles. The lowest BCUT2D eigenvalue weighted by atomic mass is 10.1. The minimum Gasteiger partial charge on any atom is -0.350 e. The number of pyridine rings is 1. The number of nitrogens with one attached hydrogen (secondary N) is 1. The van der Waals surface area contributed by atoms with Gasteiger partial charge in [0.1, 0.15) is 5.01 Å². The largest absolute Gasteiger partial charge is 0.350 e. The number of carbonyl (C=O) groups excluding carboxylic acids is 1. The number of halogens is 1. The Kier molecular flexibility index (Phi) is 5.15. The zero-order chi connectivity index (χ0) is 16.1. The van der Waals surface area contributed by atoms with E-state index in [0.717, 1.165) is 26.3 Å². The highest BCUT2D eigenvalue weighted by Gasteiger charge is 2.07. The summed E-state index contributed by atoms with van der Waals surface area (Å²) < 4.78 is 1.01. The van der Waals surface area contributed by atoms with Crippen LogP contribution in [-0.4, -0.2) is 15.9 Å². The maximum absolute atomic E-state index is 12.0. The first kappa shape index (κ1) is 15.8. The summed E-state index contributed by atoms with van der Waals surface area (Å²) in [5.41, 5.74) is 2.89. The van der Waals surface area contributed by atoms with Crippen LogP contribution in [0.15, 0.2) is 58.6 Å². The van der Waals surface area contributed by atoms with E-state index in [1.807, 2.05) is 41.8 Å². The molecule has 0 aliphatic heterocycles. The van der Waals surface area contributed by atoms with Gasteiger partial charge in [0.05, 0.1) is 18.7 Å². The number of nitrogens with zero attached hydrogens (tertiary/aromatic N) is 2. The molecule has 0 atom stereocenters. The average molecular weight is 388 g/mol. The zero-order valence-electron chi connectivity index (χ0n) is 12.2. The lowest BCUT2D eigenvalue weighted by Gasteiger charge is -2.04. The van der Waals surface area contributed by atoms with E-state index in [2.05, 4.69) is 31.2 Å². The summed E-state index contributed by atoms with van der Waals surface area (Å²) in [5, 5.41) is 5.81. The van der Waals surface area contributed by atoms with Gasteiger partial charge in [-0.1, -0.05) is 28.1 Å². The lowest BCUT2D eigenvalue weighted by Crippen LogP contribution is -2.24. The van der Waals surface area contributed by atoms with E-state index in [9.17, 15) is 4.79 Å². The Morgan fingerprint density at radius 1 is 1.13 bits per heavy atom. The molecule has 23 heavy (non-hydrogen) atoms. The normalized spacial score (nSPS) is 10.5. The van der Waals surface area contributed by atoms with Gasteiger partial charge in [-0.3, -0.25) is 9.78 Å². The van der Waals surface area contributed by atoms with Gasteiger partial charge in [-0.15, -0.1) is 11.3 Å². The number of hydrogen-bond acceptors (Lipinski definition) is 4. The molecule has 6 heteroatoms. The van der Waals surface area contributed by atoms with Crippen LogP contribution in [0.1, 0.15) is 11.3 Å². The molecule has 0 aliphatic rings. The molecule has 0 bridgehead atoms. The highest BCUT2D eigenvalue weighted by molar-refractivity contribution is 9.10. The lowest BCUT2D eigenvalue weighted by molar-refractivity contribution is -0.120. The summed E-state index contributed by atoms with van der Waals surface area (Å²) >= 11 is 4.95. The van der Waals surface area contributed by atoms with Crippen LogP contribution in [0.5, 0.6) is 0 Å². The predicted molar refractivity (Wildman–Crippen MR) is 95.0 cm³/mol. The second kappa shape index (κ2) is 7.48. The molecular formula is C17H14BrN3OS. The van der Waals surface area contributed by atoms with Gasteiger partial charge in [0, 0.05) is 27.8 Å². The van der Waals surface area contributed by atoms with Crippen LogP contribution in [0.4, 0.5) is 0 Å². The molecular weight excluding hydrogens is 374 g/mol. The van der Waals surface area contributed by atoms with Gasteiger partial charge in [0.15, 0.2) is 0 Å². The summed E-state index contributed by atoms with van der Waals surface area (Å²) in [6.07, 6.45) is 3.86. The van der Waals surface area contributed by atoms with Crippen LogP contribution in [-0.2, 0) is 17.8 Å². The second-order valence-electron chi connectivity index (χ2n) is 4.96. The number of carbonyl (C=O) groups is 1. The van der Waals surface area contributed by atoms with Crippen LogP contribution in [0.2, 0.25) is 0 Å². The Balaban J connectivity index is 1.55. The minimum atomic E-state index is -0.00853. The molecule has 3 rings (SSSR count). The van der Waals surface area contributed by atoms with Gasteiger partial charge in [0.2, 0.25) is 5.91 Å². The van der Waals surface area contributed by atoms with Crippen molar-refractivity contribution in [1.29, 1.82) is 0 Å². The van der Waals surface area contributed by atoms with Crippen LogP contribution in [0.3, 0.4) is 0 Å². The van der Waals surface area contributed by atoms with Gasteiger partial charge < -0.3 is 5.32 Å². The van der Waals surface area contributed by atoms with E-state index in [0.29, 0.717) is 13.0 Å². The minimum absolute atomic E-state index is 0.00853. The summed E-state index contributed by atoms with van der Waals surface area (Å²) in [5.74, 6) is -0.00853. The summed E-state index contributed by atoms with van der Waals surface area (Å²) in [6, 6.07) is 11.6. The fourth-order valence-electron chi connectivity index (χ4n) is 2.05. The molecule has 0 saturated heterocycles. The molecule has 0 radical (unpaired) electrons. The molecule has 3 aromatic rings. The van der Waals surface area contributed by atoms with Crippen molar-refractivity contribution in [2.75, 3.05) is 0 Å². The standard InChI is InChI=1S/C17H14BrN3OS/c18-14-3-1-12(2-4-14)9-16(22)20-10-15-11-23-17(21-15)13-5-7-19-8-6-13/h1-8,11H,9-10H2,(H,20,22). The van der Waals surface area contributed by atoms with Crippen LogP contribution >= 0.6 is 27.3 Å². The van der Waals surface area contributed by atoms with Crippen molar-refractivity contribution in [1.82, 2.24) is 15.3 Å². The van der Waals surface area contributed by atoms with Gasteiger partial charge in [-0.2, -0.15) is 0 Å². The smallest absolute Gasteiger partial charge is 0.224 e. The molecule has 116 valence electrons. The third kappa shape index (κ3) is 4.46. The van der Waals surface area contributed by atoms with Crippen molar-refractivity contribution < 1.29 is 4.79 Å². The molecule has 0 unspecified atom stereocenters. The topological polar surface area (TPSA) is 54.9 Å². The second-order valence-corrected chi connectivity index (χ2v) is 6.73. The molecule has 0 saturated carbocycles. The monoisotopic (exact) mass is 387 g/mol. The third-order valence-electron chi connectivity index (χ3n) is 3.22. The van der Waals surface area contributed by atoms with E-state index in [4.69, 9.17) is 0 Å². The van der Waals surface area contributed by atoms with Crippen molar-refractivity contribution >= 4 is 33.2 Å². The zero-order valence-corrected chi connectivity index (χ0v) is 14.6. The quantitative estimate of drug-likeness (QED) is 0.723. The number of rotatable bonds is 5. The molecule has 1 aromatic carbocycles. The summed E-state index contributed by atoms with van der Waals surface area (Å²) in [6.45, 7) is 0.441. The van der Waals surface area contributed by atoms with Crippen molar-refractivity contribution in [2.24, 2.45) is 0 Å². The first-order valence-corrected chi connectivity index (χ1v) is 8.74. The first-order valence-electron chi connectivity index (χ1n) is 7.06. The van der Waals surface area contributed by atoms with Crippen LogP contribution in [0.25, 0.3) is 10.6 Å². The van der Waals surface area contributed by atoms with E-state index < -0.39 is 0 Å². The molecule has 0 aliphatic carbocycles. The number of benzene rings is 1. The fourth-order valence-corrected chi connectivity index (χ4v) is 3.14.